The summed E-state index contributed by atoms with van der Waals surface area (Å²) in [6, 6.07) is 8.38. The molecule has 166 valence electrons. The fraction of sp³-hybridized carbons (Fsp3) is 0.286. The summed E-state index contributed by atoms with van der Waals surface area (Å²) >= 11 is 0. The topological polar surface area (TPSA) is 125 Å². The molecule has 0 aliphatic heterocycles. The number of hydrogen-bond donors (Lipinski definition) is 1. The van der Waals surface area contributed by atoms with Gasteiger partial charge in [0.05, 0.1) is 46.0 Å². The van der Waals surface area contributed by atoms with Gasteiger partial charge in [-0.25, -0.2) is 0 Å². The number of carbonyl (C=O) groups excluding carboxylic acids is 2. The van der Waals surface area contributed by atoms with Gasteiger partial charge in [-0.2, -0.15) is 0 Å². The molecule has 0 saturated heterocycles. The van der Waals surface area contributed by atoms with Crippen molar-refractivity contribution in [2.75, 3.05) is 34.6 Å². The molecule has 1 N–H and O–H groups in total. The van der Waals surface area contributed by atoms with Crippen LogP contribution in [0.5, 0.6) is 23.0 Å². The number of ether oxygens (including phenoxy) is 4. The van der Waals surface area contributed by atoms with E-state index >= 15 is 0 Å². The Bertz CT molecular complexity index is 974. The predicted molar refractivity (Wildman–Crippen MR) is 112 cm³/mol. The van der Waals surface area contributed by atoms with Crippen LogP contribution in [0.1, 0.15) is 27.1 Å². The molecule has 2 aromatic rings. The van der Waals surface area contributed by atoms with Crippen molar-refractivity contribution in [2.45, 2.75) is 6.42 Å². The van der Waals surface area contributed by atoms with Gasteiger partial charge in [-0.1, -0.05) is 0 Å². The van der Waals surface area contributed by atoms with Gasteiger partial charge in [-0.3, -0.25) is 14.4 Å². The lowest BCUT2D eigenvalue weighted by atomic mass is 10.2. The molecule has 0 aromatic heterocycles. The molecule has 0 saturated carbocycles. The smallest absolute Gasteiger partial charge is 0.303 e. The quantitative estimate of drug-likeness (QED) is 0.512. The minimum absolute atomic E-state index is 0.0504. The van der Waals surface area contributed by atoms with Gasteiger partial charge in [0.2, 0.25) is 18.2 Å². The molecule has 0 aliphatic rings. The van der Waals surface area contributed by atoms with Crippen molar-refractivity contribution in [3.05, 3.63) is 47.5 Å². The molecule has 0 bridgehead atoms. The molecule has 0 atom stereocenters. The molecule has 10 heteroatoms. The van der Waals surface area contributed by atoms with Gasteiger partial charge in [0.1, 0.15) is 23.0 Å². The summed E-state index contributed by atoms with van der Waals surface area (Å²) in [7, 11) is 1.04. The summed E-state index contributed by atoms with van der Waals surface area (Å²) in [4.78, 5) is 37.8. The molecule has 0 spiro atoms. The van der Waals surface area contributed by atoms with Crippen LogP contribution >= 0.6 is 7.14 Å². The molecular weight excluding hydrogens is 427 g/mol. The van der Waals surface area contributed by atoms with E-state index in [4.69, 9.17) is 24.1 Å². The van der Waals surface area contributed by atoms with Crippen molar-refractivity contribution in [2.24, 2.45) is 0 Å². The Hall–Kier alpha value is -3.32. The minimum Gasteiger partial charge on any atom is -0.497 e. The number of hydrogen-bond acceptors (Lipinski definition) is 8. The fourth-order valence-corrected chi connectivity index (χ4v) is 5.13. The van der Waals surface area contributed by atoms with Gasteiger partial charge in [-0.05, 0) is 24.3 Å². The lowest BCUT2D eigenvalue weighted by Crippen LogP contribution is -2.17. The Balaban J connectivity index is 2.62. The molecule has 2 aromatic carbocycles. The lowest BCUT2D eigenvalue weighted by molar-refractivity contribution is -0.136. The maximum Gasteiger partial charge on any atom is 0.303 e. The molecule has 0 aliphatic carbocycles. The summed E-state index contributed by atoms with van der Waals surface area (Å²) in [5, 5.41) is 9.09. The number of methoxy groups -OCH3 is 4. The third-order valence-electron chi connectivity index (χ3n) is 4.57. The normalized spacial score (nSPS) is 10.8. The maximum absolute atomic E-state index is 13.8. The second kappa shape index (κ2) is 10.1. The summed E-state index contributed by atoms with van der Waals surface area (Å²) in [6.07, 6.45) is -1.28. The van der Waals surface area contributed by atoms with Gasteiger partial charge in [-0.15, -0.1) is 0 Å². The highest BCUT2D eigenvalue weighted by molar-refractivity contribution is 7.95. The Morgan fingerprint density at radius 1 is 0.774 bits per heavy atom. The average molecular weight is 450 g/mol. The van der Waals surface area contributed by atoms with Gasteiger partial charge in [0.25, 0.3) is 0 Å². The van der Waals surface area contributed by atoms with E-state index < -0.39 is 36.7 Å². The van der Waals surface area contributed by atoms with E-state index in [2.05, 4.69) is 0 Å². The Morgan fingerprint density at radius 2 is 1.19 bits per heavy atom. The predicted octanol–water partition coefficient (Wildman–Crippen LogP) is 3.54. The van der Waals surface area contributed by atoms with Crippen molar-refractivity contribution in [1.29, 1.82) is 0 Å². The summed E-state index contributed by atoms with van der Waals surface area (Å²) in [5.74, 6) is -0.415. The highest BCUT2D eigenvalue weighted by Crippen LogP contribution is 2.54. The highest BCUT2D eigenvalue weighted by Gasteiger charge is 2.43. The molecular formula is C21H23O9P. The maximum atomic E-state index is 13.8. The Kier molecular flexibility index (Phi) is 7.83. The molecule has 9 nitrogen and oxygen atoms in total. The van der Waals surface area contributed by atoms with Gasteiger partial charge in [0.15, 0.2) is 0 Å². The summed E-state index contributed by atoms with van der Waals surface area (Å²) in [5.41, 5.74) is -2.23. The zero-order valence-electron chi connectivity index (χ0n) is 17.5. The van der Waals surface area contributed by atoms with Crippen LogP contribution in [0, 0.1) is 0 Å². The van der Waals surface area contributed by atoms with Gasteiger partial charge < -0.3 is 28.6 Å². The van der Waals surface area contributed by atoms with Gasteiger partial charge >= 0.3 is 5.97 Å². The van der Waals surface area contributed by atoms with E-state index in [1.54, 1.807) is 0 Å². The van der Waals surface area contributed by atoms with Crippen LogP contribution in [0.2, 0.25) is 0 Å². The number of benzene rings is 2. The van der Waals surface area contributed by atoms with Crippen LogP contribution in [0.15, 0.2) is 36.4 Å². The molecule has 0 unspecified atom stereocenters. The fourth-order valence-electron chi connectivity index (χ4n) is 2.89. The molecule has 0 heterocycles. The molecule has 31 heavy (non-hydrogen) atoms. The van der Waals surface area contributed by atoms with Crippen LogP contribution in [-0.2, 0) is 9.36 Å². The summed E-state index contributed by atoms with van der Waals surface area (Å²) < 4.78 is 34.4. The molecule has 2 rings (SSSR count). The van der Waals surface area contributed by atoms with Gasteiger partial charge in [0, 0.05) is 18.3 Å². The Labute approximate surface area is 179 Å². The standard InChI is InChI=1S/C21H23O9P/c1-27-13-5-7-15(17(11-13)29-3)20(24)31(26,10-9-19(22)23)21(25)16-8-6-14(28-2)12-18(16)30-4/h5-8,11-12H,9-10H2,1-4H3,(H,22,23). The highest BCUT2D eigenvalue weighted by atomic mass is 31.2. The third kappa shape index (κ3) is 5.06. The van der Waals surface area contributed by atoms with Crippen molar-refractivity contribution < 1.29 is 43.0 Å². The van der Waals surface area contributed by atoms with Crippen molar-refractivity contribution in [3.8, 4) is 23.0 Å². The number of carboxylic acid groups (broad SMARTS) is 1. The van der Waals surface area contributed by atoms with Crippen LogP contribution in [-0.4, -0.2) is 56.7 Å². The monoisotopic (exact) mass is 450 g/mol. The first-order valence-corrected chi connectivity index (χ1v) is 11.0. The van der Waals surface area contributed by atoms with Crippen LogP contribution < -0.4 is 18.9 Å². The van der Waals surface area contributed by atoms with Crippen molar-refractivity contribution >= 4 is 24.2 Å². The van der Waals surface area contributed by atoms with Crippen LogP contribution in [0.25, 0.3) is 0 Å². The lowest BCUT2D eigenvalue weighted by Gasteiger charge is -2.18. The first kappa shape index (κ1) is 24.0. The zero-order valence-corrected chi connectivity index (χ0v) is 18.4. The van der Waals surface area contributed by atoms with Crippen LogP contribution in [0.3, 0.4) is 0 Å². The van der Waals surface area contributed by atoms with E-state index in [1.165, 1.54) is 64.8 Å². The number of rotatable bonds is 11. The Morgan fingerprint density at radius 3 is 1.52 bits per heavy atom. The number of aliphatic carboxylic acids is 1. The zero-order chi connectivity index (χ0) is 23.2. The van der Waals surface area contributed by atoms with E-state index in [9.17, 15) is 18.9 Å². The van der Waals surface area contributed by atoms with E-state index in [1.807, 2.05) is 0 Å². The van der Waals surface area contributed by atoms with E-state index in [0.717, 1.165) is 0 Å². The molecule has 0 fully saturated rings. The van der Waals surface area contributed by atoms with E-state index in [-0.39, 0.29) is 22.6 Å². The van der Waals surface area contributed by atoms with Crippen molar-refractivity contribution in [1.82, 2.24) is 0 Å². The van der Waals surface area contributed by atoms with Crippen molar-refractivity contribution in [3.63, 3.8) is 0 Å². The largest absolute Gasteiger partial charge is 0.497 e. The van der Waals surface area contributed by atoms with E-state index in [0.29, 0.717) is 11.5 Å². The molecule has 0 radical (unpaired) electrons. The summed E-state index contributed by atoms with van der Waals surface area (Å²) in [6.45, 7) is 0. The second-order valence-corrected chi connectivity index (χ2v) is 9.09. The number of carbonyl (C=O) groups is 3. The number of carboxylic acids is 1. The third-order valence-corrected chi connectivity index (χ3v) is 7.22. The SMILES string of the molecule is COc1ccc(C(=O)P(=O)(CCC(=O)O)C(=O)c2ccc(OC)cc2OC)c(OC)c1. The average Bonchev–Trinajstić information content (AvgIpc) is 2.80. The first-order chi connectivity index (χ1) is 14.7. The first-order valence-electron chi connectivity index (χ1n) is 9.06. The molecule has 0 amide bonds. The second-order valence-electron chi connectivity index (χ2n) is 6.35. The minimum atomic E-state index is -4.43. The van der Waals surface area contributed by atoms with Crippen LogP contribution in [0.4, 0.5) is 0 Å².